The molecule has 0 amide bonds. The second-order valence-electron chi connectivity index (χ2n) is 5.57. The highest BCUT2D eigenvalue weighted by Crippen LogP contribution is 2.22. The fraction of sp³-hybridized carbons (Fsp3) is 0.600. The molecule has 2 aromatic heterocycles. The second kappa shape index (κ2) is 6.30. The Morgan fingerprint density at radius 3 is 3.10 bits per heavy atom. The van der Waals surface area contributed by atoms with Crippen molar-refractivity contribution in [3.63, 3.8) is 0 Å². The maximum atomic E-state index is 5.61. The highest BCUT2D eigenvalue weighted by molar-refractivity contribution is 5.65. The van der Waals surface area contributed by atoms with Crippen LogP contribution in [0.15, 0.2) is 18.6 Å². The molecule has 21 heavy (non-hydrogen) atoms. The zero-order chi connectivity index (χ0) is 14.7. The number of aromatic nitrogens is 3. The van der Waals surface area contributed by atoms with Gasteiger partial charge in [0.05, 0.1) is 12.3 Å². The molecule has 2 atom stereocenters. The molecule has 2 N–H and O–H groups in total. The van der Waals surface area contributed by atoms with Crippen molar-refractivity contribution in [1.82, 2.24) is 14.4 Å². The van der Waals surface area contributed by atoms with Crippen LogP contribution in [0, 0.1) is 5.92 Å². The molecule has 114 valence electrons. The SMILES string of the molecule is CCCNc1cn2ccnc2c(NCC2CCOC2C)n1. The third kappa shape index (κ3) is 3.10. The van der Waals surface area contributed by atoms with E-state index in [-0.39, 0.29) is 0 Å². The standard InChI is InChI=1S/C15H23N5O/c1-3-5-16-13-10-20-7-6-17-15(20)14(19-13)18-9-12-4-8-21-11(12)2/h6-7,10-12,16H,3-5,8-9H2,1-2H3,(H,18,19). The van der Waals surface area contributed by atoms with E-state index >= 15 is 0 Å². The monoisotopic (exact) mass is 289 g/mol. The van der Waals surface area contributed by atoms with Gasteiger partial charge in [-0.1, -0.05) is 6.92 Å². The van der Waals surface area contributed by atoms with Crippen molar-refractivity contribution in [2.45, 2.75) is 32.8 Å². The largest absolute Gasteiger partial charge is 0.378 e. The Hall–Kier alpha value is -1.82. The zero-order valence-corrected chi connectivity index (χ0v) is 12.7. The van der Waals surface area contributed by atoms with Gasteiger partial charge in [-0.25, -0.2) is 9.97 Å². The fourth-order valence-electron chi connectivity index (χ4n) is 2.66. The van der Waals surface area contributed by atoms with E-state index in [9.17, 15) is 0 Å². The van der Waals surface area contributed by atoms with Crippen molar-refractivity contribution in [3.8, 4) is 0 Å². The highest BCUT2D eigenvalue weighted by atomic mass is 16.5. The number of hydrogen-bond donors (Lipinski definition) is 2. The second-order valence-corrected chi connectivity index (χ2v) is 5.57. The summed E-state index contributed by atoms with van der Waals surface area (Å²) < 4.78 is 7.61. The number of rotatable bonds is 6. The van der Waals surface area contributed by atoms with E-state index in [1.165, 1.54) is 0 Å². The predicted molar refractivity (Wildman–Crippen MR) is 83.8 cm³/mol. The third-order valence-corrected chi connectivity index (χ3v) is 4.00. The van der Waals surface area contributed by atoms with Crippen LogP contribution in [0.3, 0.4) is 0 Å². The molecule has 0 aromatic carbocycles. The third-order valence-electron chi connectivity index (χ3n) is 4.00. The van der Waals surface area contributed by atoms with Crippen molar-refractivity contribution in [2.24, 2.45) is 5.92 Å². The number of ether oxygens (including phenoxy) is 1. The average molecular weight is 289 g/mol. The summed E-state index contributed by atoms with van der Waals surface area (Å²) in [5.41, 5.74) is 0.864. The summed E-state index contributed by atoms with van der Waals surface area (Å²) in [7, 11) is 0. The van der Waals surface area contributed by atoms with Crippen LogP contribution in [0.5, 0.6) is 0 Å². The van der Waals surface area contributed by atoms with E-state index in [1.807, 2.05) is 16.8 Å². The maximum absolute atomic E-state index is 5.61. The molecule has 0 bridgehead atoms. The molecular weight excluding hydrogens is 266 g/mol. The number of anilines is 2. The van der Waals surface area contributed by atoms with E-state index in [0.717, 1.165) is 49.8 Å². The molecule has 3 rings (SSSR count). The maximum Gasteiger partial charge on any atom is 0.180 e. The molecule has 1 fully saturated rings. The summed E-state index contributed by atoms with van der Waals surface area (Å²) in [6.45, 7) is 6.92. The van der Waals surface area contributed by atoms with Crippen LogP contribution in [-0.2, 0) is 4.74 Å². The van der Waals surface area contributed by atoms with Gasteiger partial charge in [-0.2, -0.15) is 0 Å². The Morgan fingerprint density at radius 2 is 2.33 bits per heavy atom. The summed E-state index contributed by atoms with van der Waals surface area (Å²) >= 11 is 0. The van der Waals surface area contributed by atoms with Gasteiger partial charge in [0, 0.05) is 38.0 Å². The first kappa shape index (κ1) is 14.1. The smallest absolute Gasteiger partial charge is 0.180 e. The first-order valence-electron chi connectivity index (χ1n) is 7.71. The summed E-state index contributed by atoms with van der Waals surface area (Å²) in [5.74, 6) is 2.25. The number of hydrogen-bond acceptors (Lipinski definition) is 5. The Balaban J connectivity index is 1.77. The van der Waals surface area contributed by atoms with Gasteiger partial charge in [-0.05, 0) is 19.8 Å². The van der Waals surface area contributed by atoms with E-state index in [2.05, 4.69) is 34.4 Å². The van der Waals surface area contributed by atoms with Crippen LogP contribution in [0.2, 0.25) is 0 Å². The van der Waals surface area contributed by atoms with Crippen LogP contribution >= 0.6 is 0 Å². The fourth-order valence-corrected chi connectivity index (χ4v) is 2.66. The lowest BCUT2D eigenvalue weighted by Crippen LogP contribution is -2.21. The lowest BCUT2D eigenvalue weighted by molar-refractivity contribution is 0.108. The van der Waals surface area contributed by atoms with E-state index in [4.69, 9.17) is 4.74 Å². The van der Waals surface area contributed by atoms with E-state index in [1.54, 1.807) is 6.20 Å². The minimum Gasteiger partial charge on any atom is -0.378 e. The number of imidazole rings is 1. The average Bonchev–Trinajstić information content (AvgIpc) is 3.11. The van der Waals surface area contributed by atoms with Crippen LogP contribution < -0.4 is 10.6 Å². The predicted octanol–water partition coefficient (Wildman–Crippen LogP) is 2.39. The molecule has 0 radical (unpaired) electrons. The Labute approximate surface area is 124 Å². The summed E-state index contributed by atoms with van der Waals surface area (Å²) in [6, 6.07) is 0. The van der Waals surface area contributed by atoms with Gasteiger partial charge in [0.15, 0.2) is 11.5 Å². The highest BCUT2D eigenvalue weighted by Gasteiger charge is 2.24. The molecule has 2 unspecified atom stereocenters. The van der Waals surface area contributed by atoms with Crippen molar-refractivity contribution < 1.29 is 4.74 Å². The number of nitrogens with one attached hydrogen (secondary N) is 2. The normalized spacial score (nSPS) is 21.8. The molecule has 3 heterocycles. The van der Waals surface area contributed by atoms with Gasteiger partial charge in [-0.3, -0.25) is 0 Å². The first-order valence-corrected chi connectivity index (χ1v) is 7.71. The van der Waals surface area contributed by atoms with Crippen LogP contribution in [-0.4, -0.2) is 40.2 Å². The first-order chi connectivity index (χ1) is 10.3. The summed E-state index contributed by atoms with van der Waals surface area (Å²) in [5, 5.41) is 6.78. The molecule has 0 aliphatic carbocycles. The van der Waals surface area contributed by atoms with Crippen LogP contribution in [0.4, 0.5) is 11.6 Å². The van der Waals surface area contributed by atoms with Gasteiger partial charge >= 0.3 is 0 Å². The summed E-state index contributed by atoms with van der Waals surface area (Å²) in [6.07, 6.45) is 8.21. The van der Waals surface area contributed by atoms with Gasteiger partial charge in [-0.15, -0.1) is 0 Å². The molecule has 0 saturated carbocycles. The van der Waals surface area contributed by atoms with Crippen molar-refractivity contribution in [3.05, 3.63) is 18.6 Å². The van der Waals surface area contributed by atoms with Gasteiger partial charge in [0.25, 0.3) is 0 Å². The van der Waals surface area contributed by atoms with E-state index < -0.39 is 0 Å². The molecule has 1 aliphatic rings. The Morgan fingerprint density at radius 1 is 1.43 bits per heavy atom. The number of fused-ring (bicyclic) bond motifs is 1. The van der Waals surface area contributed by atoms with Gasteiger partial charge < -0.3 is 19.8 Å². The molecule has 1 aliphatic heterocycles. The molecule has 6 heteroatoms. The zero-order valence-electron chi connectivity index (χ0n) is 12.7. The lowest BCUT2D eigenvalue weighted by Gasteiger charge is -2.16. The quantitative estimate of drug-likeness (QED) is 0.855. The lowest BCUT2D eigenvalue weighted by atomic mass is 10.0. The molecule has 0 spiro atoms. The van der Waals surface area contributed by atoms with Crippen molar-refractivity contribution >= 4 is 17.3 Å². The Bertz CT molecular complexity index is 597. The van der Waals surface area contributed by atoms with Crippen LogP contribution in [0.25, 0.3) is 5.65 Å². The molecule has 6 nitrogen and oxygen atoms in total. The number of nitrogens with zero attached hydrogens (tertiary/aromatic N) is 3. The molecular formula is C15H23N5O. The van der Waals surface area contributed by atoms with E-state index in [0.29, 0.717) is 12.0 Å². The summed E-state index contributed by atoms with van der Waals surface area (Å²) in [4.78, 5) is 9.03. The van der Waals surface area contributed by atoms with Gasteiger partial charge in [0.1, 0.15) is 5.82 Å². The van der Waals surface area contributed by atoms with Gasteiger partial charge in [0.2, 0.25) is 0 Å². The van der Waals surface area contributed by atoms with Crippen molar-refractivity contribution in [2.75, 3.05) is 30.3 Å². The molecule has 2 aromatic rings. The topological polar surface area (TPSA) is 63.5 Å². The Kier molecular flexibility index (Phi) is 4.24. The minimum absolute atomic E-state index is 0.315. The van der Waals surface area contributed by atoms with Crippen LogP contribution in [0.1, 0.15) is 26.7 Å². The van der Waals surface area contributed by atoms with Crippen molar-refractivity contribution in [1.29, 1.82) is 0 Å². The molecule has 1 saturated heterocycles. The minimum atomic E-state index is 0.315.